The van der Waals surface area contributed by atoms with Gasteiger partial charge in [-0.3, -0.25) is 4.98 Å². The molecule has 1 aliphatic carbocycles. The number of rotatable bonds is 2. The maximum absolute atomic E-state index is 4.03. The average molecular weight is 230 g/mol. The van der Waals surface area contributed by atoms with Crippen LogP contribution in [0.4, 0.5) is 5.69 Å². The lowest BCUT2D eigenvalue weighted by Gasteiger charge is -2.24. The van der Waals surface area contributed by atoms with Crippen LogP contribution in [0.1, 0.15) is 29.3 Å². The van der Waals surface area contributed by atoms with Gasteiger partial charge in [0, 0.05) is 23.0 Å². The first-order chi connectivity index (χ1) is 7.93. The Balaban J connectivity index is 1.83. The van der Waals surface area contributed by atoms with Crippen LogP contribution < -0.4 is 5.32 Å². The molecule has 1 unspecified atom stereocenters. The molecule has 2 nitrogen and oxygen atoms in total. The molecular weight excluding hydrogens is 216 g/mol. The summed E-state index contributed by atoms with van der Waals surface area (Å²) in [4.78, 5) is 5.59. The van der Waals surface area contributed by atoms with Crippen LogP contribution in [-0.4, -0.2) is 4.98 Å². The second kappa shape index (κ2) is 4.26. The average Bonchev–Trinajstić information content (AvgIpc) is 2.80. The fraction of sp³-hybridized carbons (Fsp3) is 0.308. The highest BCUT2D eigenvalue weighted by Crippen LogP contribution is 2.35. The molecule has 1 N–H and O–H groups in total. The van der Waals surface area contributed by atoms with E-state index in [2.05, 4.69) is 21.7 Å². The van der Waals surface area contributed by atoms with Crippen molar-refractivity contribution >= 4 is 17.0 Å². The van der Waals surface area contributed by atoms with E-state index in [-0.39, 0.29) is 0 Å². The van der Waals surface area contributed by atoms with Gasteiger partial charge in [-0.25, -0.2) is 0 Å². The molecule has 1 atom stereocenters. The molecular formula is C13H14N2S. The van der Waals surface area contributed by atoms with Crippen molar-refractivity contribution in [2.24, 2.45) is 0 Å². The summed E-state index contributed by atoms with van der Waals surface area (Å²) in [6, 6.07) is 6.80. The molecule has 0 radical (unpaired) electrons. The first kappa shape index (κ1) is 9.85. The van der Waals surface area contributed by atoms with Crippen LogP contribution >= 0.6 is 11.3 Å². The van der Waals surface area contributed by atoms with E-state index in [1.807, 2.05) is 35.9 Å². The summed E-state index contributed by atoms with van der Waals surface area (Å²) in [6.45, 7) is 0. The highest BCUT2D eigenvalue weighted by molar-refractivity contribution is 7.10. The lowest BCUT2D eigenvalue weighted by atomic mass is 9.94. The third kappa shape index (κ3) is 1.83. The quantitative estimate of drug-likeness (QED) is 0.852. The lowest BCUT2D eigenvalue weighted by Crippen LogP contribution is -2.15. The molecule has 0 saturated carbocycles. The first-order valence-corrected chi connectivity index (χ1v) is 6.54. The zero-order valence-electron chi connectivity index (χ0n) is 9.02. The highest BCUT2D eigenvalue weighted by Gasteiger charge is 2.20. The van der Waals surface area contributed by atoms with Crippen molar-refractivity contribution in [3.05, 3.63) is 46.4 Å². The Morgan fingerprint density at radius 2 is 2.12 bits per heavy atom. The van der Waals surface area contributed by atoms with Crippen LogP contribution in [-0.2, 0) is 6.42 Å². The number of hydrogen-bond donors (Lipinski definition) is 1. The SMILES string of the molecule is c1cc(NC2CCCc3sccc32)ccn1. The Kier molecular flexibility index (Phi) is 2.62. The van der Waals surface area contributed by atoms with Gasteiger partial charge in [0.05, 0.1) is 6.04 Å². The molecule has 0 aromatic carbocycles. The molecule has 3 heteroatoms. The van der Waals surface area contributed by atoms with Crippen LogP contribution in [0.2, 0.25) is 0 Å². The Morgan fingerprint density at radius 3 is 3.00 bits per heavy atom. The minimum Gasteiger partial charge on any atom is -0.378 e. The van der Waals surface area contributed by atoms with Gasteiger partial charge in [-0.15, -0.1) is 11.3 Å². The number of anilines is 1. The molecule has 0 aliphatic heterocycles. The molecule has 16 heavy (non-hydrogen) atoms. The van der Waals surface area contributed by atoms with Crippen molar-refractivity contribution in [1.29, 1.82) is 0 Å². The summed E-state index contributed by atoms with van der Waals surface area (Å²) in [6.07, 6.45) is 7.43. The summed E-state index contributed by atoms with van der Waals surface area (Å²) in [5.41, 5.74) is 2.66. The van der Waals surface area contributed by atoms with Crippen LogP contribution in [0.15, 0.2) is 36.0 Å². The van der Waals surface area contributed by atoms with E-state index in [9.17, 15) is 0 Å². The molecule has 0 saturated heterocycles. The van der Waals surface area contributed by atoms with Gasteiger partial charge in [0.25, 0.3) is 0 Å². The van der Waals surface area contributed by atoms with E-state index in [0.29, 0.717) is 6.04 Å². The van der Waals surface area contributed by atoms with E-state index in [1.54, 1.807) is 4.88 Å². The third-order valence-electron chi connectivity index (χ3n) is 3.07. The Bertz CT molecular complexity index is 464. The van der Waals surface area contributed by atoms with Crippen molar-refractivity contribution in [3.63, 3.8) is 0 Å². The number of hydrogen-bond acceptors (Lipinski definition) is 3. The number of fused-ring (bicyclic) bond motifs is 1. The van der Waals surface area contributed by atoms with Crippen molar-refractivity contribution in [1.82, 2.24) is 4.98 Å². The fourth-order valence-electron chi connectivity index (χ4n) is 2.29. The van der Waals surface area contributed by atoms with Crippen LogP contribution in [0.3, 0.4) is 0 Å². The molecule has 0 bridgehead atoms. The van der Waals surface area contributed by atoms with Crippen molar-refractivity contribution in [2.45, 2.75) is 25.3 Å². The number of pyridine rings is 1. The Labute approximate surface area is 99.4 Å². The molecule has 1 aliphatic rings. The summed E-state index contributed by atoms with van der Waals surface area (Å²) in [5, 5.41) is 5.80. The predicted octanol–water partition coefficient (Wildman–Crippen LogP) is 3.63. The number of nitrogens with one attached hydrogen (secondary N) is 1. The van der Waals surface area contributed by atoms with E-state index >= 15 is 0 Å². The second-order valence-electron chi connectivity index (χ2n) is 4.12. The largest absolute Gasteiger partial charge is 0.378 e. The van der Waals surface area contributed by atoms with Crippen molar-refractivity contribution < 1.29 is 0 Å². The van der Waals surface area contributed by atoms with Gasteiger partial charge >= 0.3 is 0 Å². The van der Waals surface area contributed by atoms with Gasteiger partial charge in [-0.05, 0) is 48.4 Å². The van der Waals surface area contributed by atoms with Crippen LogP contribution in [0.25, 0.3) is 0 Å². The van der Waals surface area contributed by atoms with E-state index in [4.69, 9.17) is 0 Å². The van der Waals surface area contributed by atoms with Gasteiger partial charge in [-0.2, -0.15) is 0 Å². The molecule has 0 spiro atoms. The molecule has 2 heterocycles. The monoisotopic (exact) mass is 230 g/mol. The molecule has 82 valence electrons. The maximum Gasteiger partial charge on any atom is 0.0524 e. The maximum atomic E-state index is 4.03. The Hall–Kier alpha value is -1.35. The summed E-state index contributed by atoms with van der Waals surface area (Å²) < 4.78 is 0. The number of thiophene rings is 1. The van der Waals surface area contributed by atoms with Gasteiger partial charge in [0.2, 0.25) is 0 Å². The van der Waals surface area contributed by atoms with Gasteiger partial charge in [-0.1, -0.05) is 0 Å². The zero-order valence-corrected chi connectivity index (χ0v) is 9.83. The van der Waals surface area contributed by atoms with Gasteiger partial charge in [0.15, 0.2) is 0 Å². The topological polar surface area (TPSA) is 24.9 Å². The molecule has 2 aromatic rings. The lowest BCUT2D eigenvalue weighted by molar-refractivity contribution is 0.609. The number of aromatic nitrogens is 1. The third-order valence-corrected chi connectivity index (χ3v) is 4.07. The summed E-state index contributed by atoms with van der Waals surface area (Å²) >= 11 is 1.89. The van der Waals surface area contributed by atoms with Crippen LogP contribution in [0, 0.1) is 0 Å². The highest BCUT2D eigenvalue weighted by atomic mass is 32.1. The first-order valence-electron chi connectivity index (χ1n) is 5.66. The standard InChI is InChI=1S/C13H14N2S/c1-2-12(11-6-9-16-13(11)3-1)15-10-4-7-14-8-5-10/h4-9,12H,1-3H2,(H,14,15). The number of aryl methyl sites for hydroxylation is 1. The van der Waals surface area contributed by atoms with E-state index in [0.717, 1.165) is 0 Å². The molecule has 0 amide bonds. The normalized spacial score (nSPS) is 19.1. The van der Waals surface area contributed by atoms with Crippen molar-refractivity contribution in [3.8, 4) is 0 Å². The molecule has 2 aromatic heterocycles. The molecule has 0 fully saturated rings. The predicted molar refractivity (Wildman–Crippen MR) is 67.9 cm³/mol. The Morgan fingerprint density at radius 1 is 1.25 bits per heavy atom. The van der Waals surface area contributed by atoms with Gasteiger partial charge < -0.3 is 5.32 Å². The summed E-state index contributed by atoms with van der Waals surface area (Å²) in [5.74, 6) is 0. The second-order valence-corrected chi connectivity index (χ2v) is 5.12. The summed E-state index contributed by atoms with van der Waals surface area (Å²) in [7, 11) is 0. The van der Waals surface area contributed by atoms with E-state index in [1.165, 1.54) is 30.5 Å². The van der Waals surface area contributed by atoms with Crippen LogP contribution in [0.5, 0.6) is 0 Å². The minimum atomic E-state index is 0.484. The van der Waals surface area contributed by atoms with Gasteiger partial charge in [0.1, 0.15) is 0 Å². The zero-order chi connectivity index (χ0) is 10.8. The molecule has 3 rings (SSSR count). The smallest absolute Gasteiger partial charge is 0.0524 e. The van der Waals surface area contributed by atoms with E-state index < -0.39 is 0 Å². The fourth-order valence-corrected chi connectivity index (χ4v) is 3.27. The van der Waals surface area contributed by atoms with Crippen molar-refractivity contribution in [2.75, 3.05) is 5.32 Å². The minimum absolute atomic E-state index is 0.484. The number of nitrogens with zero attached hydrogens (tertiary/aromatic N) is 1.